The summed E-state index contributed by atoms with van der Waals surface area (Å²) in [6.45, 7) is 4.83. The molecule has 0 bridgehead atoms. The van der Waals surface area contributed by atoms with Gasteiger partial charge in [-0.05, 0) is 61.3 Å². The Kier molecular flexibility index (Phi) is 7.04. The monoisotopic (exact) mass is 458 g/mol. The number of piperazine rings is 1. The van der Waals surface area contributed by atoms with Crippen LogP contribution >= 0.6 is 0 Å². The molecule has 180 valence electrons. The van der Waals surface area contributed by atoms with Crippen LogP contribution in [0.1, 0.15) is 37.7 Å². The first-order valence-corrected chi connectivity index (χ1v) is 12.2. The number of fused-ring (bicyclic) bond motifs is 1. The molecule has 0 radical (unpaired) electrons. The van der Waals surface area contributed by atoms with Crippen molar-refractivity contribution >= 4 is 5.91 Å². The number of benzene rings is 1. The summed E-state index contributed by atoms with van der Waals surface area (Å²) in [5.74, 6) is 3.05. The highest BCUT2D eigenvalue weighted by Crippen LogP contribution is 2.43. The largest absolute Gasteiger partial charge is 0.459 e. The Balaban J connectivity index is 1.14. The van der Waals surface area contributed by atoms with Crippen LogP contribution in [-0.2, 0) is 20.8 Å². The minimum absolute atomic E-state index is 0.0213. The Morgan fingerprint density at radius 3 is 2.70 bits per heavy atom. The maximum absolute atomic E-state index is 13.3. The van der Waals surface area contributed by atoms with Gasteiger partial charge in [0.15, 0.2) is 17.3 Å². The zero-order valence-electron chi connectivity index (χ0n) is 19.1. The van der Waals surface area contributed by atoms with Gasteiger partial charge in [-0.1, -0.05) is 6.07 Å². The third-order valence-electron chi connectivity index (χ3n) is 6.89. The van der Waals surface area contributed by atoms with E-state index in [9.17, 15) is 4.79 Å². The van der Waals surface area contributed by atoms with Gasteiger partial charge in [0.05, 0.1) is 6.61 Å². The van der Waals surface area contributed by atoms with E-state index >= 15 is 0 Å². The second-order valence-electron chi connectivity index (χ2n) is 9.37. The third-order valence-corrected chi connectivity index (χ3v) is 6.89. The number of aliphatic hydroxyl groups excluding tert-OH is 1. The lowest BCUT2D eigenvalue weighted by atomic mass is 9.96. The van der Waals surface area contributed by atoms with E-state index in [0.29, 0.717) is 37.3 Å². The van der Waals surface area contributed by atoms with Crippen LogP contribution in [0.5, 0.6) is 11.5 Å². The van der Waals surface area contributed by atoms with Gasteiger partial charge in [-0.25, -0.2) is 0 Å². The molecule has 1 aliphatic carbocycles. The number of rotatable bonds is 9. The molecule has 1 saturated heterocycles. The molecule has 0 spiro atoms. The SMILES string of the molecule is O=C(C1=C[C@H](C2CC2)C[C@H](OCCCCO)O1)N1CCN(Cc2ccc3c(c2)OCO3)CC1. The van der Waals surface area contributed by atoms with Crippen molar-refractivity contribution in [2.75, 3.05) is 46.2 Å². The average Bonchev–Trinajstić information content (AvgIpc) is 3.59. The van der Waals surface area contributed by atoms with E-state index in [4.69, 9.17) is 24.1 Å². The fourth-order valence-electron chi connectivity index (χ4n) is 4.78. The zero-order chi connectivity index (χ0) is 22.6. The molecule has 2 fully saturated rings. The van der Waals surface area contributed by atoms with Gasteiger partial charge in [0.2, 0.25) is 13.1 Å². The number of nitrogens with zero attached hydrogens (tertiary/aromatic N) is 2. The van der Waals surface area contributed by atoms with Crippen molar-refractivity contribution in [2.24, 2.45) is 11.8 Å². The minimum Gasteiger partial charge on any atom is -0.459 e. The van der Waals surface area contributed by atoms with Crippen LogP contribution in [0, 0.1) is 11.8 Å². The molecule has 8 heteroatoms. The second kappa shape index (κ2) is 10.3. The molecule has 2 atom stereocenters. The number of carbonyl (C=O) groups is 1. The van der Waals surface area contributed by atoms with Gasteiger partial charge in [0.1, 0.15) is 0 Å². The quantitative estimate of drug-likeness (QED) is 0.570. The van der Waals surface area contributed by atoms with Gasteiger partial charge >= 0.3 is 0 Å². The van der Waals surface area contributed by atoms with Crippen LogP contribution in [0.4, 0.5) is 0 Å². The normalized spacial score (nSPS) is 25.0. The number of ether oxygens (including phenoxy) is 4. The average molecular weight is 459 g/mol. The van der Waals surface area contributed by atoms with Gasteiger partial charge in [0, 0.05) is 45.8 Å². The van der Waals surface area contributed by atoms with Crippen molar-refractivity contribution in [2.45, 2.75) is 44.9 Å². The Labute approximate surface area is 195 Å². The van der Waals surface area contributed by atoms with E-state index in [-0.39, 0.29) is 25.6 Å². The third kappa shape index (κ3) is 5.62. The topological polar surface area (TPSA) is 80.7 Å². The van der Waals surface area contributed by atoms with E-state index in [1.807, 2.05) is 23.1 Å². The minimum atomic E-state index is -0.370. The van der Waals surface area contributed by atoms with Crippen LogP contribution in [0.15, 0.2) is 30.0 Å². The van der Waals surface area contributed by atoms with Gasteiger partial charge in [-0.3, -0.25) is 9.69 Å². The molecule has 0 aromatic heterocycles. The number of allylic oxidation sites excluding steroid dienone is 1. The fourth-order valence-corrected chi connectivity index (χ4v) is 4.78. The van der Waals surface area contributed by atoms with E-state index in [2.05, 4.69) is 11.0 Å². The van der Waals surface area contributed by atoms with Crippen molar-refractivity contribution in [1.82, 2.24) is 9.80 Å². The van der Waals surface area contributed by atoms with Crippen molar-refractivity contribution in [3.63, 3.8) is 0 Å². The van der Waals surface area contributed by atoms with Gasteiger partial charge in [-0.2, -0.15) is 0 Å². The zero-order valence-corrected chi connectivity index (χ0v) is 19.1. The predicted molar refractivity (Wildman–Crippen MR) is 120 cm³/mol. The van der Waals surface area contributed by atoms with Crippen molar-refractivity contribution in [3.8, 4) is 11.5 Å². The van der Waals surface area contributed by atoms with E-state index < -0.39 is 0 Å². The highest BCUT2D eigenvalue weighted by Gasteiger charge is 2.38. The Hall–Kier alpha value is -2.29. The molecule has 0 unspecified atom stereocenters. The number of aliphatic hydroxyl groups is 1. The van der Waals surface area contributed by atoms with E-state index in [1.165, 1.54) is 18.4 Å². The summed E-state index contributed by atoms with van der Waals surface area (Å²) in [6, 6.07) is 6.08. The second-order valence-corrected chi connectivity index (χ2v) is 9.37. The molecular formula is C25H34N2O6. The summed E-state index contributed by atoms with van der Waals surface area (Å²) in [5.41, 5.74) is 1.19. The summed E-state index contributed by atoms with van der Waals surface area (Å²) in [6.07, 6.45) is 6.44. The Bertz CT molecular complexity index is 862. The molecule has 33 heavy (non-hydrogen) atoms. The van der Waals surface area contributed by atoms with E-state index in [1.54, 1.807) is 0 Å². The standard InChI is InChI=1S/C25H34N2O6/c28-11-1-2-12-30-24-15-20(19-4-5-19)14-23(33-24)25(29)27-9-7-26(8-10-27)16-18-3-6-21-22(13-18)32-17-31-21/h3,6,13-14,19-20,24,28H,1-2,4-5,7-12,15-17H2/t20-,24+/m0/s1. The van der Waals surface area contributed by atoms with Gasteiger partial charge in [-0.15, -0.1) is 0 Å². The van der Waals surface area contributed by atoms with Crippen LogP contribution in [0.2, 0.25) is 0 Å². The van der Waals surface area contributed by atoms with Crippen molar-refractivity contribution < 1.29 is 28.8 Å². The lowest BCUT2D eigenvalue weighted by molar-refractivity contribution is -0.156. The summed E-state index contributed by atoms with van der Waals surface area (Å²) < 4.78 is 22.8. The number of carbonyl (C=O) groups excluding carboxylic acids is 1. The highest BCUT2D eigenvalue weighted by molar-refractivity contribution is 5.91. The van der Waals surface area contributed by atoms with Gasteiger partial charge < -0.3 is 29.0 Å². The molecule has 1 aromatic carbocycles. The molecular weight excluding hydrogens is 424 g/mol. The number of hydrogen-bond donors (Lipinski definition) is 1. The van der Waals surface area contributed by atoms with Crippen LogP contribution in [0.3, 0.4) is 0 Å². The summed E-state index contributed by atoms with van der Waals surface area (Å²) >= 11 is 0. The maximum atomic E-state index is 13.3. The molecule has 4 aliphatic rings. The lowest BCUT2D eigenvalue weighted by Gasteiger charge is -2.36. The molecule has 1 N–H and O–H groups in total. The number of amides is 1. The molecule has 3 heterocycles. The van der Waals surface area contributed by atoms with Crippen LogP contribution < -0.4 is 9.47 Å². The van der Waals surface area contributed by atoms with Crippen LogP contribution in [0.25, 0.3) is 0 Å². The predicted octanol–water partition coefficient (Wildman–Crippen LogP) is 2.51. The molecule has 3 aliphatic heterocycles. The first kappa shape index (κ1) is 22.5. The fraction of sp³-hybridized carbons (Fsp3) is 0.640. The van der Waals surface area contributed by atoms with E-state index in [0.717, 1.165) is 50.4 Å². The first-order chi connectivity index (χ1) is 16.2. The van der Waals surface area contributed by atoms with Gasteiger partial charge in [0.25, 0.3) is 5.91 Å². The summed E-state index contributed by atoms with van der Waals surface area (Å²) in [7, 11) is 0. The molecule has 1 amide bonds. The van der Waals surface area contributed by atoms with Crippen molar-refractivity contribution in [1.29, 1.82) is 0 Å². The number of unbranched alkanes of at least 4 members (excludes halogenated alkanes) is 1. The Morgan fingerprint density at radius 1 is 1.09 bits per heavy atom. The first-order valence-electron chi connectivity index (χ1n) is 12.2. The Morgan fingerprint density at radius 2 is 1.91 bits per heavy atom. The molecule has 1 aromatic rings. The molecule has 1 saturated carbocycles. The molecule has 5 rings (SSSR count). The smallest absolute Gasteiger partial charge is 0.288 e. The number of hydrogen-bond acceptors (Lipinski definition) is 7. The van der Waals surface area contributed by atoms with Crippen LogP contribution in [-0.4, -0.2) is 73.3 Å². The lowest BCUT2D eigenvalue weighted by Crippen LogP contribution is -2.49. The summed E-state index contributed by atoms with van der Waals surface area (Å²) in [5, 5.41) is 8.96. The summed E-state index contributed by atoms with van der Waals surface area (Å²) in [4.78, 5) is 17.5. The molecule has 8 nitrogen and oxygen atoms in total. The highest BCUT2D eigenvalue weighted by atomic mass is 16.7. The maximum Gasteiger partial charge on any atom is 0.288 e. The van der Waals surface area contributed by atoms with Crippen molar-refractivity contribution in [3.05, 3.63) is 35.6 Å².